The van der Waals surface area contributed by atoms with Gasteiger partial charge in [0, 0.05) is 13.1 Å². The molecule has 20 heavy (non-hydrogen) atoms. The van der Waals surface area contributed by atoms with Crippen molar-refractivity contribution in [1.29, 1.82) is 0 Å². The van der Waals surface area contributed by atoms with Crippen molar-refractivity contribution < 1.29 is 4.79 Å². The number of aromatic nitrogens is 2. The largest absolute Gasteiger partial charge is 0.370 e. The van der Waals surface area contributed by atoms with Crippen molar-refractivity contribution in [2.24, 2.45) is 0 Å². The molecule has 1 heterocycles. The molecule has 0 aliphatic heterocycles. The fourth-order valence-corrected chi connectivity index (χ4v) is 2.37. The third-order valence-electron chi connectivity index (χ3n) is 3.13. The number of hydrogen-bond acceptors (Lipinski definition) is 3. The number of carbonyl (C=O) groups is 1. The second-order valence-corrected chi connectivity index (χ2v) is 5.11. The Kier molecular flexibility index (Phi) is 4.69. The van der Waals surface area contributed by atoms with E-state index in [2.05, 4.69) is 34.0 Å². The van der Waals surface area contributed by atoms with Crippen LogP contribution in [0.2, 0.25) is 0 Å². The number of amides is 1. The van der Waals surface area contributed by atoms with Gasteiger partial charge < -0.3 is 20.2 Å². The summed E-state index contributed by atoms with van der Waals surface area (Å²) in [6.45, 7) is 5.75. The number of imidazole rings is 1. The van der Waals surface area contributed by atoms with E-state index in [1.165, 1.54) is 0 Å². The second-order valence-electron chi connectivity index (χ2n) is 4.35. The first-order valence-corrected chi connectivity index (χ1v) is 7.98. The van der Waals surface area contributed by atoms with Crippen LogP contribution in [0.4, 0.5) is 11.4 Å². The number of aromatic amines is 2. The molecule has 0 fully saturated rings. The van der Waals surface area contributed by atoms with Gasteiger partial charge in [-0.25, -0.2) is 4.79 Å². The van der Waals surface area contributed by atoms with Crippen molar-refractivity contribution in [3.63, 3.8) is 0 Å². The molecule has 2 rings (SSSR count). The van der Waals surface area contributed by atoms with Crippen molar-refractivity contribution in [2.75, 3.05) is 27.7 Å². The third kappa shape index (κ3) is 2.97. The Labute approximate surface area is 130 Å². The van der Waals surface area contributed by atoms with Crippen molar-refractivity contribution in [2.45, 2.75) is 13.8 Å². The van der Waals surface area contributed by atoms with E-state index in [1.807, 2.05) is 28.7 Å². The van der Waals surface area contributed by atoms with Gasteiger partial charge in [0.2, 0.25) is 5.91 Å². The first kappa shape index (κ1) is 14.9. The summed E-state index contributed by atoms with van der Waals surface area (Å²) in [6, 6.07) is 3.69. The zero-order valence-electron chi connectivity index (χ0n) is 11.4. The van der Waals surface area contributed by atoms with Gasteiger partial charge in [-0.3, -0.25) is 4.79 Å². The van der Waals surface area contributed by atoms with Crippen LogP contribution < -0.4 is 15.9 Å². The maximum atomic E-state index is 11.7. The molecular formula is C13H17IN4O2. The summed E-state index contributed by atoms with van der Waals surface area (Å²) in [5.74, 6) is -0.0590. The summed E-state index contributed by atoms with van der Waals surface area (Å²) in [7, 11) is 0. The van der Waals surface area contributed by atoms with Gasteiger partial charge in [0.05, 0.1) is 26.8 Å². The number of rotatable bonds is 5. The van der Waals surface area contributed by atoms with Crippen molar-refractivity contribution in [3.8, 4) is 0 Å². The van der Waals surface area contributed by atoms with Crippen LogP contribution in [-0.2, 0) is 4.79 Å². The van der Waals surface area contributed by atoms with Crippen LogP contribution in [-0.4, -0.2) is 33.4 Å². The molecule has 0 atom stereocenters. The highest BCUT2D eigenvalue weighted by atomic mass is 127. The highest BCUT2D eigenvalue weighted by Gasteiger charge is 2.13. The minimum Gasteiger partial charge on any atom is -0.370 e. The number of benzene rings is 1. The molecule has 1 aromatic heterocycles. The Balaban J connectivity index is 2.57. The standard InChI is InChI=1S/C13H17IN4O2/c1-3-18(4-2)11-6-9-8(16-13(20)17-9)5-10(11)15-12(19)7-14/h5-6H,3-4,7H2,1-2H3,(H,15,19)(H2,16,17,20). The normalized spacial score (nSPS) is 10.8. The van der Waals surface area contributed by atoms with E-state index in [0.29, 0.717) is 9.94 Å². The van der Waals surface area contributed by atoms with Gasteiger partial charge in [0.1, 0.15) is 0 Å². The van der Waals surface area contributed by atoms with Crippen molar-refractivity contribution in [3.05, 3.63) is 22.6 Å². The van der Waals surface area contributed by atoms with Gasteiger partial charge in [-0.2, -0.15) is 0 Å². The van der Waals surface area contributed by atoms with Crippen LogP contribution in [0.5, 0.6) is 0 Å². The minimum absolute atomic E-state index is 0.0590. The SMILES string of the molecule is CCN(CC)c1cc2[nH]c(=O)[nH]c2cc1NC(=O)CI. The monoisotopic (exact) mass is 388 g/mol. The molecule has 0 radical (unpaired) electrons. The molecule has 0 bridgehead atoms. The maximum Gasteiger partial charge on any atom is 0.323 e. The van der Waals surface area contributed by atoms with Gasteiger partial charge in [-0.1, -0.05) is 22.6 Å². The molecule has 108 valence electrons. The molecule has 2 aromatic rings. The van der Waals surface area contributed by atoms with Crippen LogP contribution in [0.1, 0.15) is 13.8 Å². The second kappa shape index (κ2) is 6.29. The summed E-state index contributed by atoms with van der Waals surface area (Å²) in [6.07, 6.45) is 0. The van der Waals surface area contributed by atoms with Crippen LogP contribution in [0, 0.1) is 0 Å². The quantitative estimate of drug-likeness (QED) is 0.542. The number of H-pyrrole nitrogens is 2. The molecule has 0 aliphatic carbocycles. The fraction of sp³-hybridized carbons (Fsp3) is 0.385. The number of halogens is 1. The molecular weight excluding hydrogens is 371 g/mol. The van der Waals surface area contributed by atoms with Gasteiger partial charge in [-0.05, 0) is 26.0 Å². The van der Waals surface area contributed by atoms with E-state index in [0.717, 1.165) is 30.0 Å². The summed E-state index contributed by atoms with van der Waals surface area (Å²) in [5, 5.41) is 2.89. The lowest BCUT2D eigenvalue weighted by Crippen LogP contribution is -2.24. The molecule has 6 nitrogen and oxygen atoms in total. The Bertz CT molecular complexity index is 673. The zero-order chi connectivity index (χ0) is 14.7. The predicted molar refractivity (Wildman–Crippen MR) is 90.0 cm³/mol. The molecule has 0 unspecified atom stereocenters. The minimum atomic E-state index is -0.247. The summed E-state index contributed by atoms with van der Waals surface area (Å²) < 4.78 is 0.386. The van der Waals surface area contributed by atoms with Crippen molar-refractivity contribution in [1.82, 2.24) is 9.97 Å². The molecule has 1 amide bonds. The summed E-state index contributed by atoms with van der Waals surface area (Å²) >= 11 is 2.02. The molecule has 0 aliphatic rings. The maximum absolute atomic E-state index is 11.7. The fourth-order valence-electron chi connectivity index (χ4n) is 2.18. The lowest BCUT2D eigenvalue weighted by molar-refractivity contribution is -0.113. The Morgan fingerprint density at radius 1 is 1.25 bits per heavy atom. The van der Waals surface area contributed by atoms with E-state index in [1.54, 1.807) is 6.07 Å². The van der Waals surface area contributed by atoms with Crippen LogP contribution >= 0.6 is 22.6 Å². The lowest BCUT2D eigenvalue weighted by Gasteiger charge is -2.24. The smallest absolute Gasteiger partial charge is 0.323 e. The predicted octanol–water partition coefficient (Wildman–Crippen LogP) is 2.08. The number of nitrogens with one attached hydrogen (secondary N) is 3. The number of nitrogens with zero attached hydrogens (tertiary/aromatic N) is 1. The van der Waals surface area contributed by atoms with Crippen LogP contribution in [0.25, 0.3) is 11.0 Å². The van der Waals surface area contributed by atoms with E-state index in [9.17, 15) is 9.59 Å². The molecule has 0 saturated heterocycles. The number of carbonyl (C=O) groups excluding carboxylic acids is 1. The summed E-state index contributed by atoms with van der Waals surface area (Å²) in [5.41, 5.74) is 2.82. The Hall–Kier alpha value is -1.51. The molecule has 3 N–H and O–H groups in total. The highest BCUT2D eigenvalue weighted by Crippen LogP contribution is 2.29. The Morgan fingerprint density at radius 2 is 1.85 bits per heavy atom. The number of anilines is 2. The lowest BCUT2D eigenvalue weighted by atomic mass is 10.2. The Morgan fingerprint density at radius 3 is 2.40 bits per heavy atom. The zero-order valence-corrected chi connectivity index (χ0v) is 13.6. The first-order valence-electron chi connectivity index (χ1n) is 6.45. The molecule has 0 spiro atoms. The number of hydrogen-bond donors (Lipinski definition) is 3. The summed E-state index contributed by atoms with van der Waals surface area (Å²) in [4.78, 5) is 30.6. The highest BCUT2D eigenvalue weighted by molar-refractivity contribution is 14.1. The van der Waals surface area contributed by atoms with E-state index in [-0.39, 0.29) is 11.6 Å². The third-order valence-corrected chi connectivity index (χ3v) is 3.82. The van der Waals surface area contributed by atoms with E-state index in [4.69, 9.17) is 0 Å². The van der Waals surface area contributed by atoms with Gasteiger partial charge in [-0.15, -0.1) is 0 Å². The number of alkyl halides is 1. The van der Waals surface area contributed by atoms with E-state index >= 15 is 0 Å². The van der Waals surface area contributed by atoms with Gasteiger partial charge >= 0.3 is 5.69 Å². The van der Waals surface area contributed by atoms with Crippen LogP contribution in [0.3, 0.4) is 0 Å². The van der Waals surface area contributed by atoms with Gasteiger partial charge in [0.15, 0.2) is 0 Å². The molecule has 7 heteroatoms. The first-order chi connectivity index (χ1) is 9.58. The number of fused-ring (bicyclic) bond motifs is 1. The van der Waals surface area contributed by atoms with Crippen LogP contribution in [0.15, 0.2) is 16.9 Å². The van der Waals surface area contributed by atoms with E-state index < -0.39 is 0 Å². The molecule has 0 saturated carbocycles. The van der Waals surface area contributed by atoms with Gasteiger partial charge in [0.25, 0.3) is 0 Å². The average molecular weight is 388 g/mol. The average Bonchev–Trinajstić information content (AvgIpc) is 2.79. The van der Waals surface area contributed by atoms with Crippen molar-refractivity contribution >= 4 is 50.9 Å². The topological polar surface area (TPSA) is 81.0 Å². The molecule has 1 aromatic carbocycles.